The largest absolute Gasteiger partial charge is 0.481 e. The highest BCUT2D eigenvalue weighted by atomic mass is 32.1. The monoisotopic (exact) mass is 281 g/mol. The van der Waals surface area contributed by atoms with E-state index in [1.54, 1.807) is 11.3 Å². The molecule has 1 amide bonds. The first-order chi connectivity index (χ1) is 9.03. The zero-order valence-electron chi connectivity index (χ0n) is 11.1. The zero-order chi connectivity index (χ0) is 13.9. The summed E-state index contributed by atoms with van der Waals surface area (Å²) in [5.74, 6) is -0.982. The van der Waals surface area contributed by atoms with Gasteiger partial charge in [-0.1, -0.05) is 12.8 Å². The molecule has 1 heterocycles. The summed E-state index contributed by atoms with van der Waals surface area (Å²) in [7, 11) is 0. The Bertz CT molecular complexity index is 475. The minimum atomic E-state index is -0.826. The minimum absolute atomic E-state index is 0.104. The molecule has 0 spiro atoms. The summed E-state index contributed by atoms with van der Waals surface area (Å²) in [5, 5.41) is 14.2. The van der Waals surface area contributed by atoms with Crippen LogP contribution in [0.4, 0.5) is 0 Å². The van der Waals surface area contributed by atoms with Gasteiger partial charge >= 0.3 is 5.97 Å². The van der Waals surface area contributed by atoms with E-state index in [9.17, 15) is 14.7 Å². The summed E-state index contributed by atoms with van der Waals surface area (Å²) < 4.78 is 0. The van der Waals surface area contributed by atoms with E-state index in [0.717, 1.165) is 17.7 Å². The van der Waals surface area contributed by atoms with Crippen LogP contribution in [0.25, 0.3) is 0 Å². The lowest BCUT2D eigenvalue weighted by molar-refractivity contribution is -0.151. The molecule has 1 aliphatic rings. The quantitative estimate of drug-likeness (QED) is 0.872. The number of carboxylic acids is 1. The third kappa shape index (κ3) is 3.15. The second kappa shape index (κ2) is 5.74. The normalized spacial score (nSPS) is 17.3. The molecule has 0 radical (unpaired) electrons. The third-order valence-electron chi connectivity index (χ3n) is 3.93. The summed E-state index contributed by atoms with van der Waals surface area (Å²) in [5.41, 5.74) is 0.341. The summed E-state index contributed by atoms with van der Waals surface area (Å²) in [6.45, 7) is 2.51. The Morgan fingerprint density at radius 2 is 2.11 bits per heavy atom. The van der Waals surface area contributed by atoms with Crippen molar-refractivity contribution in [2.75, 3.05) is 0 Å². The molecule has 1 aromatic rings. The van der Waals surface area contributed by atoms with Crippen LogP contribution in [0.15, 0.2) is 11.4 Å². The molecule has 0 saturated heterocycles. The lowest BCUT2D eigenvalue weighted by atomic mass is 9.82. The first-order valence-corrected chi connectivity index (χ1v) is 7.44. The lowest BCUT2D eigenvalue weighted by Gasteiger charge is -2.22. The van der Waals surface area contributed by atoms with Crippen LogP contribution in [0, 0.1) is 12.3 Å². The van der Waals surface area contributed by atoms with E-state index < -0.39 is 11.4 Å². The van der Waals surface area contributed by atoms with Crippen molar-refractivity contribution in [1.82, 2.24) is 5.32 Å². The SMILES string of the molecule is Cc1ccsc1CNC(=O)CC1(C(=O)O)CCCC1. The van der Waals surface area contributed by atoms with Crippen LogP contribution >= 0.6 is 11.3 Å². The Morgan fingerprint density at radius 1 is 1.42 bits per heavy atom. The number of amides is 1. The molecule has 0 aromatic carbocycles. The van der Waals surface area contributed by atoms with Crippen molar-refractivity contribution in [3.05, 3.63) is 21.9 Å². The van der Waals surface area contributed by atoms with Crippen LogP contribution < -0.4 is 5.32 Å². The van der Waals surface area contributed by atoms with Crippen LogP contribution in [0.2, 0.25) is 0 Å². The molecule has 1 aromatic heterocycles. The van der Waals surface area contributed by atoms with Crippen molar-refractivity contribution < 1.29 is 14.7 Å². The molecule has 0 bridgehead atoms. The molecule has 2 N–H and O–H groups in total. The van der Waals surface area contributed by atoms with Crippen molar-refractivity contribution >= 4 is 23.2 Å². The molecule has 0 unspecified atom stereocenters. The standard InChI is InChI=1S/C14H19NO3S/c1-10-4-7-19-11(10)9-15-12(16)8-14(13(17)18)5-2-3-6-14/h4,7H,2-3,5-6,8-9H2,1H3,(H,15,16)(H,17,18). The second-order valence-electron chi connectivity index (χ2n) is 5.27. The van der Waals surface area contributed by atoms with Crippen molar-refractivity contribution in [2.24, 2.45) is 5.41 Å². The van der Waals surface area contributed by atoms with Crippen LogP contribution in [-0.4, -0.2) is 17.0 Å². The Labute approximate surface area is 116 Å². The molecule has 104 valence electrons. The molecule has 4 nitrogen and oxygen atoms in total. The maximum atomic E-state index is 11.9. The fourth-order valence-corrected chi connectivity index (χ4v) is 3.50. The third-order valence-corrected chi connectivity index (χ3v) is 4.95. The summed E-state index contributed by atoms with van der Waals surface area (Å²) in [6, 6.07) is 2.02. The van der Waals surface area contributed by atoms with Crippen molar-refractivity contribution in [3.8, 4) is 0 Å². The van der Waals surface area contributed by atoms with Gasteiger partial charge in [-0.2, -0.15) is 0 Å². The van der Waals surface area contributed by atoms with Gasteiger partial charge in [0.05, 0.1) is 12.0 Å². The van der Waals surface area contributed by atoms with E-state index in [0.29, 0.717) is 19.4 Å². The Morgan fingerprint density at radius 3 is 2.63 bits per heavy atom. The summed E-state index contributed by atoms with van der Waals surface area (Å²) in [6.07, 6.45) is 3.15. The van der Waals surface area contributed by atoms with Gasteiger partial charge in [0.1, 0.15) is 0 Å². The van der Waals surface area contributed by atoms with E-state index in [2.05, 4.69) is 5.32 Å². The van der Waals surface area contributed by atoms with Crippen LogP contribution in [0.1, 0.15) is 42.5 Å². The minimum Gasteiger partial charge on any atom is -0.481 e. The highest BCUT2D eigenvalue weighted by Gasteiger charge is 2.42. The number of thiophene rings is 1. The maximum absolute atomic E-state index is 11.9. The number of carbonyl (C=O) groups is 2. The van der Waals surface area contributed by atoms with Gasteiger partial charge in [0.2, 0.25) is 5.91 Å². The zero-order valence-corrected chi connectivity index (χ0v) is 11.9. The molecule has 1 aliphatic carbocycles. The second-order valence-corrected chi connectivity index (χ2v) is 6.27. The molecule has 2 rings (SSSR count). The van der Waals surface area contributed by atoms with E-state index in [-0.39, 0.29) is 12.3 Å². The topological polar surface area (TPSA) is 66.4 Å². The van der Waals surface area contributed by atoms with Gasteiger partial charge in [-0.25, -0.2) is 0 Å². The van der Waals surface area contributed by atoms with Gasteiger partial charge in [-0.3, -0.25) is 9.59 Å². The molecule has 5 heteroatoms. The van der Waals surface area contributed by atoms with E-state index in [1.807, 2.05) is 18.4 Å². The predicted octanol–water partition coefficient (Wildman–Crippen LogP) is 2.71. The molecule has 1 saturated carbocycles. The van der Waals surface area contributed by atoms with Crippen LogP contribution in [0.5, 0.6) is 0 Å². The number of hydrogen-bond acceptors (Lipinski definition) is 3. The Hall–Kier alpha value is -1.36. The number of carboxylic acid groups (broad SMARTS) is 1. The van der Waals surface area contributed by atoms with Crippen molar-refractivity contribution in [3.63, 3.8) is 0 Å². The van der Waals surface area contributed by atoms with Gasteiger partial charge in [-0.05, 0) is 36.8 Å². The number of aliphatic carboxylic acids is 1. The maximum Gasteiger partial charge on any atom is 0.310 e. The number of aryl methyl sites for hydroxylation is 1. The number of carbonyl (C=O) groups excluding carboxylic acids is 1. The highest BCUT2D eigenvalue weighted by molar-refractivity contribution is 7.10. The smallest absolute Gasteiger partial charge is 0.310 e. The average molecular weight is 281 g/mol. The van der Waals surface area contributed by atoms with Crippen molar-refractivity contribution in [1.29, 1.82) is 0 Å². The molecule has 19 heavy (non-hydrogen) atoms. The fourth-order valence-electron chi connectivity index (χ4n) is 2.65. The van der Waals surface area contributed by atoms with E-state index in [4.69, 9.17) is 0 Å². The average Bonchev–Trinajstić information content (AvgIpc) is 2.97. The Kier molecular flexibility index (Phi) is 4.24. The predicted molar refractivity (Wildman–Crippen MR) is 74.1 cm³/mol. The fraction of sp³-hybridized carbons (Fsp3) is 0.571. The molecule has 0 aliphatic heterocycles. The number of rotatable bonds is 5. The molecule has 1 fully saturated rings. The van der Waals surface area contributed by atoms with Crippen LogP contribution in [-0.2, 0) is 16.1 Å². The Balaban J connectivity index is 1.90. The van der Waals surface area contributed by atoms with Gasteiger partial charge in [0.25, 0.3) is 0 Å². The van der Waals surface area contributed by atoms with Gasteiger partial charge in [-0.15, -0.1) is 11.3 Å². The summed E-state index contributed by atoms with van der Waals surface area (Å²) in [4.78, 5) is 24.4. The van der Waals surface area contributed by atoms with Crippen molar-refractivity contribution in [2.45, 2.75) is 45.6 Å². The highest BCUT2D eigenvalue weighted by Crippen LogP contribution is 2.41. The number of hydrogen-bond donors (Lipinski definition) is 2. The molecule has 0 atom stereocenters. The van der Waals surface area contributed by atoms with E-state index >= 15 is 0 Å². The first kappa shape index (κ1) is 14.1. The molecular formula is C14H19NO3S. The first-order valence-electron chi connectivity index (χ1n) is 6.57. The van der Waals surface area contributed by atoms with Crippen LogP contribution in [0.3, 0.4) is 0 Å². The van der Waals surface area contributed by atoms with Gasteiger partial charge in [0.15, 0.2) is 0 Å². The lowest BCUT2D eigenvalue weighted by Crippen LogP contribution is -2.35. The number of nitrogens with one attached hydrogen (secondary N) is 1. The molecular weight excluding hydrogens is 262 g/mol. The van der Waals surface area contributed by atoms with Gasteiger partial charge < -0.3 is 10.4 Å². The van der Waals surface area contributed by atoms with Gasteiger partial charge in [0, 0.05) is 11.3 Å². The van der Waals surface area contributed by atoms with E-state index in [1.165, 1.54) is 5.56 Å². The summed E-state index contributed by atoms with van der Waals surface area (Å²) >= 11 is 1.61.